The van der Waals surface area contributed by atoms with Crippen LogP contribution in [0.2, 0.25) is 0 Å². The molecule has 1 atom stereocenters. The molecule has 0 aliphatic heterocycles. The van der Waals surface area contributed by atoms with Gasteiger partial charge in [-0.15, -0.1) is 0 Å². The number of carboxylic acid groups (broad SMARTS) is 1. The number of aliphatic carboxylic acids is 1. The number of carbonyl (C=O) groups is 1. The van der Waals surface area contributed by atoms with E-state index in [-0.39, 0.29) is 12.0 Å². The first kappa shape index (κ1) is 14.2. The first-order chi connectivity index (χ1) is 9.63. The second kappa shape index (κ2) is 6.27. The van der Waals surface area contributed by atoms with Gasteiger partial charge in [0.2, 0.25) is 0 Å². The fraction of sp³-hybridized carbons (Fsp3) is 0.357. The smallest absolute Gasteiger partial charge is 0.311 e. The number of halogens is 1. The number of rotatable bonds is 6. The highest BCUT2D eigenvalue weighted by atomic mass is 19.1. The van der Waals surface area contributed by atoms with E-state index in [2.05, 4.69) is 10.1 Å². The Morgan fingerprint density at radius 2 is 2.20 bits per heavy atom. The number of aryl methyl sites for hydroxylation is 1. The summed E-state index contributed by atoms with van der Waals surface area (Å²) in [7, 11) is 0. The third-order valence-corrected chi connectivity index (χ3v) is 3.10. The average molecular weight is 277 g/mol. The van der Waals surface area contributed by atoms with E-state index in [1.165, 1.54) is 24.5 Å². The van der Waals surface area contributed by atoms with Crippen LogP contribution in [0.1, 0.15) is 30.7 Å². The molecule has 106 valence electrons. The Labute approximate surface area is 116 Å². The zero-order valence-electron chi connectivity index (χ0n) is 11.2. The second-order valence-electron chi connectivity index (χ2n) is 4.52. The quantitative estimate of drug-likeness (QED) is 0.879. The van der Waals surface area contributed by atoms with Gasteiger partial charge in [0.1, 0.15) is 18.0 Å². The molecular formula is C14H16FN3O2. The molecule has 1 aromatic heterocycles. The fourth-order valence-electron chi connectivity index (χ4n) is 2.12. The van der Waals surface area contributed by atoms with Gasteiger partial charge >= 0.3 is 5.97 Å². The molecule has 1 heterocycles. The van der Waals surface area contributed by atoms with Crippen molar-refractivity contribution >= 4 is 5.97 Å². The lowest BCUT2D eigenvalue weighted by Gasteiger charge is -2.13. The summed E-state index contributed by atoms with van der Waals surface area (Å²) in [5.74, 6) is -1.99. The maximum Gasteiger partial charge on any atom is 0.311 e. The normalized spacial score (nSPS) is 12.3. The van der Waals surface area contributed by atoms with Crippen LogP contribution >= 0.6 is 0 Å². The molecule has 0 bridgehead atoms. The Balaban J connectivity index is 2.29. The SMILES string of the molecule is CCCn1ncnc1CC(C(=O)O)c1ccccc1F. The first-order valence-electron chi connectivity index (χ1n) is 6.47. The standard InChI is InChI=1S/C14H16FN3O2/c1-2-7-18-13(16-9-17-18)8-11(14(19)20)10-5-3-4-6-12(10)15/h3-6,9,11H,2,7-8H2,1H3,(H,19,20). The van der Waals surface area contributed by atoms with E-state index in [0.29, 0.717) is 12.4 Å². The lowest BCUT2D eigenvalue weighted by atomic mass is 9.95. The van der Waals surface area contributed by atoms with Crippen LogP contribution in [-0.2, 0) is 17.8 Å². The van der Waals surface area contributed by atoms with Crippen molar-refractivity contribution in [2.45, 2.75) is 32.2 Å². The van der Waals surface area contributed by atoms with Gasteiger partial charge in [0.05, 0.1) is 5.92 Å². The van der Waals surface area contributed by atoms with E-state index >= 15 is 0 Å². The molecule has 1 unspecified atom stereocenters. The van der Waals surface area contributed by atoms with Crippen LogP contribution in [0.15, 0.2) is 30.6 Å². The predicted octanol–water partition coefficient (Wildman–Crippen LogP) is 2.24. The van der Waals surface area contributed by atoms with E-state index in [4.69, 9.17) is 0 Å². The van der Waals surface area contributed by atoms with Crippen LogP contribution in [0.4, 0.5) is 4.39 Å². The summed E-state index contributed by atoms with van der Waals surface area (Å²) in [5.41, 5.74) is 0.172. The van der Waals surface area contributed by atoms with Crippen molar-refractivity contribution in [1.82, 2.24) is 14.8 Å². The van der Waals surface area contributed by atoms with Crippen LogP contribution in [0, 0.1) is 5.82 Å². The Morgan fingerprint density at radius 3 is 2.85 bits per heavy atom. The van der Waals surface area contributed by atoms with E-state index in [0.717, 1.165) is 6.42 Å². The van der Waals surface area contributed by atoms with Gasteiger partial charge in [0.25, 0.3) is 0 Å². The molecule has 0 aliphatic rings. The molecule has 0 amide bonds. The van der Waals surface area contributed by atoms with E-state index in [9.17, 15) is 14.3 Å². The molecule has 1 aromatic carbocycles. The number of hydrogen-bond donors (Lipinski definition) is 1. The minimum Gasteiger partial charge on any atom is -0.481 e. The molecule has 2 aromatic rings. The Morgan fingerprint density at radius 1 is 1.45 bits per heavy atom. The summed E-state index contributed by atoms with van der Waals surface area (Å²) in [4.78, 5) is 15.5. The highest BCUT2D eigenvalue weighted by Gasteiger charge is 2.25. The fourth-order valence-corrected chi connectivity index (χ4v) is 2.12. The molecule has 1 N–H and O–H groups in total. The van der Waals surface area contributed by atoms with Crippen molar-refractivity contribution in [1.29, 1.82) is 0 Å². The number of nitrogens with zero attached hydrogens (tertiary/aromatic N) is 3. The van der Waals surface area contributed by atoms with E-state index in [1.54, 1.807) is 10.7 Å². The minimum atomic E-state index is -1.07. The zero-order valence-corrected chi connectivity index (χ0v) is 11.2. The molecular weight excluding hydrogens is 261 g/mol. The molecule has 0 spiro atoms. The van der Waals surface area contributed by atoms with Crippen molar-refractivity contribution in [3.05, 3.63) is 47.8 Å². The molecule has 6 heteroatoms. The maximum absolute atomic E-state index is 13.8. The van der Waals surface area contributed by atoms with Crippen LogP contribution in [0.3, 0.4) is 0 Å². The largest absolute Gasteiger partial charge is 0.481 e. The van der Waals surface area contributed by atoms with Crippen LogP contribution in [0.5, 0.6) is 0 Å². The van der Waals surface area contributed by atoms with Crippen molar-refractivity contribution in [2.75, 3.05) is 0 Å². The number of aromatic nitrogens is 3. The summed E-state index contributed by atoms with van der Waals surface area (Å²) >= 11 is 0. The van der Waals surface area contributed by atoms with Crippen molar-refractivity contribution in [3.63, 3.8) is 0 Å². The Hall–Kier alpha value is -2.24. The molecule has 0 fully saturated rings. The summed E-state index contributed by atoms with van der Waals surface area (Å²) < 4.78 is 15.4. The molecule has 2 rings (SSSR count). The monoisotopic (exact) mass is 277 g/mol. The lowest BCUT2D eigenvalue weighted by molar-refractivity contribution is -0.138. The van der Waals surface area contributed by atoms with Crippen LogP contribution < -0.4 is 0 Å². The van der Waals surface area contributed by atoms with Crippen LogP contribution in [-0.4, -0.2) is 25.8 Å². The topological polar surface area (TPSA) is 68.0 Å². The Kier molecular flexibility index (Phi) is 4.45. The van der Waals surface area contributed by atoms with Gasteiger partial charge in [-0.3, -0.25) is 9.48 Å². The Bertz CT molecular complexity index is 598. The van der Waals surface area contributed by atoms with Gasteiger partial charge in [-0.2, -0.15) is 5.10 Å². The summed E-state index contributed by atoms with van der Waals surface area (Å²) in [6.07, 6.45) is 2.38. The molecule has 0 saturated heterocycles. The second-order valence-corrected chi connectivity index (χ2v) is 4.52. The molecule has 20 heavy (non-hydrogen) atoms. The van der Waals surface area contributed by atoms with Crippen molar-refractivity contribution < 1.29 is 14.3 Å². The van der Waals surface area contributed by atoms with Gasteiger partial charge < -0.3 is 5.11 Å². The van der Waals surface area contributed by atoms with E-state index in [1.807, 2.05) is 6.92 Å². The number of carboxylic acids is 1. The first-order valence-corrected chi connectivity index (χ1v) is 6.47. The maximum atomic E-state index is 13.8. The zero-order chi connectivity index (χ0) is 14.5. The van der Waals surface area contributed by atoms with Gasteiger partial charge in [0.15, 0.2) is 0 Å². The summed E-state index contributed by atoms with van der Waals surface area (Å²) in [5, 5.41) is 13.4. The lowest BCUT2D eigenvalue weighted by Crippen LogP contribution is -2.18. The highest BCUT2D eigenvalue weighted by Crippen LogP contribution is 2.23. The molecule has 0 aliphatic carbocycles. The van der Waals surface area contributed by atoms with Gasteiger partial charge in [0, 0.05) is 18.5 Å². The van der Waals surface area contributed by atoms with Gasteiger partial charge in [-0.1, -0.05) is 25.1 Å². The van der Waals surface area contributed by atoms with Gasteiger partial charge in [-0.25, -0.2) is 9.37 Å². The third kappa shape index (κ3) is 3.01. The van der Waals surface area contributed by atoms with Gasteiger partial charge in [-0.05, 0) is 12.5 Å². The highest BCUT2D eigenvalue weighted by molar-refractivity contribution is 5.76. The van der Waals surface area contributed by atoms with Crippen molar-refractivity contribution in [2.24, 2.45) is 0 Å². The van der Waals surface area contributed by atoms with Crippen molar-refractivity contribution in [3.8, 4) is 0 Å². The number of hydrogen-bond acceptors (Lipinski definition) is 3. The number of benzene rings is 1. The molecule has 0 saturated carbocycles. The summed E-state index contributed by atoms with van der Waals surface area (Å²) in [6, 6.07) is 5.93. The van der Waals surface area contributed by atoms with E-state index < -0.39 is 17.7 Å². The average Bonchev–Trinajstić information content (AvgIpc) is 2.84. The van der Waals surface area contributed by atoms with Crippen LogP contribution in [0.25, 0.3) is 0 Å². The molecule has 0 radical (unpaired) electrons. The predicted molar refractivity (Wildman–Crippen MR) is 70.8 cm³/mol. The molecule has 5 nitrogen and oxygen atoms in total. The minimum absolute atomic E-state index is 0.121. The third-order valence-electron chi connectivity index (χ3n) is 3.10. The summed E-state index contributed by atoms with van der Waals surface area (Å²) in [6.45, 7) is 2.66.